The number of aromatic amines is 1. The summed E-state index contributed by atoms with van der Waals surface area (Å²) in [4.78, 5) is 20.0. The van der Waals surface area contributed by atoms with Crippen molar-refractivity contribution in [3.8, 4) is 5.82 Å². The van der Waals surface area contributed by atoms with Crippen molar-refractivity contribution < 1.29 is 4.79 Å². The van der Waals surface area contributed by atoms with Crippen LogP contribution in [-0.2, 0) is 0 Å². The number of aromatic nitrogens is 4. The Morgan fingerprint density at radius 3 is 2.84 bits per heavy atom. The first kappa shape index (κ1) is 15.7. The number of pyridine rings is 1. The van der Waals surface area contributed by atoms with E-state index in [0.29, 0.717) is 26.9 Å². The fourth-order valence-electron chi connectivity index (χ4n) is 2.54. The van der Waals surface area contributed by atoms with Crippen molar-refractivity contribution in [3.63, 3.8) is 0 Å². The lowest BCUT2D eigenvalue weighted by Gasteiger charge is -2.09. The van der Waals surface area contributed by atoms with Crippen LogP contribution in [0.4, 0.5) is 5.69 Å². The standard InChI is InChI=1S/C17H11Cl2N5O/c18-10-4-5-12-11(9-10)14(19)15(22-12)17(25)23-13-3-1-6-20-16(13)24-8-2-7-21-24/h1-9,22H,(H,23,25). The third kappa shape index (κ3) is 2.86. The Labute approximate surface area is 152 Å². The number of nitrogens with one attached hydrogen (secondary N) is 2. The number of hydrogen-bond donors (Lipinski definition) is 2. The molecule has 0 saturated heterocycles. The second kappa shape index (κ2) is 6.23. The Hall–Kier alpha value is -2.83. The average molecular weight is 372 g/mol. The molecule has 2 N–H and O–H groups in total. The molecule has 4 aromatic rings. The minimum absolute atomic E-state index is 0.259. The van der Waals surface area contributed by atoms with Gasteiger partial charge < -0.3 is 10.3 Å². The number of amides is 1. The number of hydrogen-bond acceptors (Lipinski definition) is 3. The number of rotatable bonds is 3. The van der Waals surface area contributed by atoms with Gasteiger partial charge in [0.15, 0.2) is 5.82 Å². The third-order valence-corrected chi connectivity index (χ3v) is 4.31. The minimum atomic E-state index is -0.376. The SMILES string of the molecule is O=C(Nc1cccnc1-n1cccn1)c1[nH]c2ccc(Cl)cc2c1Cl. The van der Waals surface area contributed by atoms with Gasteiger partial charge in [-0.3, -0.25) is 4.79 Å². The maximum Gasteiger partial charge on any atom is 0.273 e. The van der Waals surface area contributed by atoms with Crippen LogP contribution in [0.5, 0.6) is 0 Å². The topological polar surface area (TPSA) is 75.6 Å². The predicted molar refractivity (Wildman–Crippen MR) is 97.6 cm³/mol. The molecule has 1 amide bonds. The summed E-state index contributed by atoms with van der Waals surface area (Å²) >= 11 is 12.3. The van der Waals surface area contributed by atoms with Gasteiger partial charge in [0.2, 0.25) is 0 Å². The van der Waals surface area contributed by atoms with E-state index in [2.05, 4.69) is 20.4 Å². The Morgan fingerprint density at radius 1 is 1.16 bits per heavy atom. The maximum atomic E-state index is 12.7. The molecule has 0 spiro atoms. The highest BCUT2D eigenvalue weighted by Gasteiger charge is 2.18. The number of anilines is 1. The molecule has 6 nitrogen and oxygen atoms in total. The highest BCUT2D eigenvalue weighted by atomic mass is 35.5. The molecule has 0 aliphatic carbocycles. The molecule has 0 saturated carbocycles. The molecule has 0 bridgehead atoms. The van der Waals surface area contributed by atoms with Crippen LogP contribution >= 0.6 is 23.2 Å². The molecule has 0 unspecified atom stereocenters. The first-order chi connectivity index (χ1) is 12.1. The first-order valence-corrected chi connectivity index (χ1v) is 8.12. The van der Waals surface area contributed by atoms with E-state index in [1.54, 1.807) is 59.7 Å². The predicted octanol–water partition coefficient (Wildman–Crippen LogP) is 4.31. The number of benzene rings is 1. The second-order valence-corrected chi connectivity index (χ2v) is 6.10. The van der Waals surface area contributed by atoms with Gasteiger partial charge in [0.25, 0.3) is 5.91 Å². The molecule has 1 aromatic carbocycles. The number of nitrogens with zero attached hydrogens (tertiary/aromatic N) is 3. The van der Waals surface area contributed by atoms with Crippen molar-refractivity contribution >= 4 is 45.7 Å². The van der Waals surface area contributed by atoms with Crippen molar-refractivity contribution in [1.29, 1.82) is 0 Å². The van der Waals surface area contributed by atoms with Crippen LogP contribution in [0.2, 0.25) is 10.0 Å². The summed E-state index contributed by atoms with van der Waals surface area (Å²) in [5, 5.41) is 8.53. The molecule has 0 aliphatic heterocycles. The fourth-order valence-corrected chi connectivity index (χ4v) is 3.01. The normalized spacial score (nSPS) is 11.0. The van der Waals surface area contributed by atoms with E-state index in [9.17, 15) is 4.79 Å². The molecule has 0 atom stereocenters. The van der Waals surface area contributed by atoms with Gasteiger partial charge in [-0.25, -0.2) is 9.67 Å². The monoisotopic (exact) mass is 371 g/mol. The number of fused-ring (bicyclic) bond motifs is 1. The zero-order valence-corrected chi connectivity index (χ0v) is 14.2. The zero-order chi connectivity index (χ0) is 17.4. The van der Waals surface area contributed by atoms with Gasteiger partial charge in [-0.2, -0.15) is 5.10 Å². The summed E-state index contributed by atoms with van der Waals surface area (Å²) in [5.74, 6) is 0.134. The number of carbonyl (C=O) groups excluding carboxylic acids is 1. The van der Waals surface area contributed by atoms with E-state index in [-0.39, 0.29) is 11.6 Å². The van der Waals surface area contributed by atoms with Crippen molar-refractivity contribution in [1.82, 2.24) is 19.7 Å². The van der Waals surface area contributed by atoms with Crippen molar-refractivity contribution in [2.45, 2.75) is 0 Å². The molecule has 0 radical (unpaired) electrons. The van der Waals surface area contributed by atoms with Crippen LogP contribution in [0.15, 0.2) is 55.0 Å². The van der Waals surface area contributed by atoms with Crippen molar-refractivity contribution in [2.24, 2.45) is 0 Å². The van der Waals surface area contributed by atoms with Gasteiger partial charge in [-0.1, -0.05) is 23.2 Å². The molecule has 25 heavy (non-hydrogen) atoms. The molecule has 124 valence electrons. The second-order valence-electron chi connectivity index (χ2n) is 5.28. The van der Waals surface area contributed by atoms with Crippen molar-refractivity contribution in [3.05, 3.63) is 70.7 Å². The Kier molecular flexibility index (Phi) is 3.91. The van der Waals surface area contributed by atoms with Gasteiger partial charge in [-0.05, 0) is 36.4 Å². The van der Waals surface area contributed by atoms with E-state index in [0.717, 1.165) is 5.52 Å². The van der Waals surface area contributed by atoms with E-state index < -0.39 is 0 Å². The molecular weight excluding hydrogens is 361 g/mol. The first-order valence-electron chi connectivity index (χ1n) is 7.36. The smallest absolute Gasteiger partial charge is 0.273 e. The number of H-pyrrole nitrogens is 1. The van der Waals surface area contributed by atoms with Gasteiger partial charge in [0.05, 0.1) is 10.7 Å². The average Bonchev–Trinajstić information content (AvgIpc) is 3.24. The molecule has 0 aliphatic rings. The van der Waals surface area contributed by atoms with Crippen LogP contribution in [0.25, 0.3) is 16.7 Å². The highest BCUT2D eigenvalue weighted by molar-refractivity contribution is 6.40. The highest BCUT2D eigenvalue weighted by Crippen LogP contribution is 2.30. The van der Waals surface area contributed by atoms with Gasteiger partial charge >= 0.3 is 0 Å². The minimum Gasteiger partial charge on any atom is -0.349 e. The summed E-state index contributed by atoms with van der Waals surface area (Å²) < 4.78 is 1.57. The van der Waals surface area contributed by atoms with Gasteiger partial charge in [0.1, 0.15) is 5.69 Å². The maximum absolute atomic E-state index is 12.7. The molecule has 3 aromatic heterocycles. The van der Waals surface area contributed by atoms with Crippen LogP contribution in [0, 0.1) is 0 Å². The van der Waals surface area contributed by atoms with Crippen LogP contribution in [0.1, 0.15) is 10.5 Å². The fraction of sp³-hybridized carbons (Fsp3) is 0. The lowest BCUT2D eigenvalue weighted by molar-refractivity contribution is 0.102. The lowest BCUT2D eigenvalue weighted by atomic mass is 10.2. The summed E-state index contributed by atoms with van der Waals surface area (Å²) in [7, 11) is 0. The Bertz CT molecular complexity index is 1070. The lowest BCUT2D eigenvalue weighted by Crippen LogP contribution is -2.15. The Balaban J connectivity index is 1.71. The third-order valence-electron chi connectivity index (χ3n) is 3.68. The summed E-state index contributed by atoms with van der Waals surface area (Å²) in [6.07, 6.45) is 5.01. The summed E-state index contributed by atoms with van der Waals surface area (Å²) in [5.41, 5.74) is 1.51. The number of carbonyl (C=O) groups is 1. The quantitative estimate of drug-likeness (QED) is 0.563. The van der Waals surface area contributed by atoms with Crippen molar-refractivity contribution in [2.75, 3.05) is 5.32 Å². The molecule has 4 rings (SSSR count). The molecular formula is C17H11Cl2N5O. The van der Waals surface area contributed by atoms with Crippen LogP contribution in [-0.4, -0.2) is 25.7 Å². The van der Waals surface area contributed by atoms with Gasteiger partial charge in [0, 0.05) is 34.5 Å². The largest absolute Gasteiger partial charge is 0.349 e. The molecule has 8 heteroatoms. The van der Waals surface area contributed by atoms with E-state index in [4.69, 9.17) is 23.2 Å². The number of halogens is 2. The van der Waals surface area contributed by atoms with E-state index in [1.165, 1.54) is 0 Å². The molecule has 3 heterocycles. The summed E-state index contributed by atoms with van der Waals surface area (Å²) in [6, 6.07) is 10.5. The van der Waals surface area contributed by atoms with E-state index in [1.807, 2.05) is 0 Å². The molecule has 0 fully saturated rings. The van der Waals surface area contributed by atoms with Crippen LogP contribution in [0.3, 0.4) is 0 Å². The zero-order valence-electron chi connectivity index (χ0n) is 12.7. The van der Waals surface area contributed by atoms with Gasteiger partial charge in [-0.15, -0.1) is 0 Å². The van der Waals surface area contributed by atoms with Crippen LogP contribution < -0.4 is 5.32 Å². The summed E-state index contributed by atoms with van der Waals surface area (Å²) in [6.45, 7) is 0. The Morgan fingerprint density at radius 2 is 2.04 bits per heavy atom. The van der Waals surface area contributed by atoms with E-state index >= 15 is 0 Å².